The molecule has 2 aromatic rings. The van der Waals surface area contributed by atoms with Gasteiger partial charge in [-0.3, -0.25) is 24.5 Å². The number of β-amino-alcohol motifs (C(OH)–C–C–N with tert-alkyl or cyclic N) is 1. The Labute approximate surface area is 173 Å². The van der Waals surface area contributed by atoms with Crippen LogP contribution >= 0.6 is 0 Å². The minimum atomic E-state index is -0.940. The highest BCUT2D eigenvalue weighted by Crippen LogP contribution is 2.38. The number of carbonyl (C=O) groups is 2. The molecular weight excluding hydrogens is 384 g/mol. The predicted octanol–water partition coefficient (Wildman–Crippen LogP) is 1.15. The maximum Gasteiger partial charge on any atom is 0.277 e. The van der Waals surface area contributed by atoms with Gasteiger partial charge in [-0.2, -0.15) is 0 Å². The zero-order valence-electron chi connectivity index (χ0n) is 16.4. The molecule has 0 radical (unpaired) electrons. The third kappa shape index (κ3) is 3.41. The van der Waals surface area contributed by atoms with Crippen LogP contribution in [0.15, 0.2) is 48.2 Å². The molecule has 1 fully saturated rings. The lowest BCUT2D eigenvalue weighted by atomic mass is 10.0. The normalized spacial score (nSPS) is 19.9. The maximum atomic E-state index is 12.8. The first kappa shape index (κ1) is 18.7. The Morgan fingerprint density at radius 2 is 2.00 bits per heavy atom. The molecule has 0 aromatic carbocycles. The number of amides is 2. The summed E-state index contributed by atoms with van der Waals surface area (Å²) in [6.07, 6.45) is 8.78. The molecular formula is C21H22N6O3. The van der Waals surface area contributed by atoms with Crippen LogP contribution in [0.25, 0.3) is 11.3 Å². The predicted molar refractivity (Wildman–Crippen MR) is 108 cm³/mol. The summed E-state index contributed by atoms with van der Waals surface area (Å²) in [5, 5.41) is 13.5. The lowest BCUT2D eigenvalue weighted by Gasteiger charge is -2.31. The first-order valence-electron chi connectivity index (χ1n) is 10.1. The van der Waals surface area contributed by atoms with Gasteiger partial charge in [0.05, 0.1) is 18.4 Å². The van der Waals surface area contributed by atoms with Gasteiger partial charge in [0.25, 0.3) is 11.8 Å². The van der Waals surface area contributed by atoms with Gasteiger partial charge in [0, 0.05) is 42.3 Å². The summed E-state index contributed by atoms with van der Waals surface area (Å²) in [5.41, 5.74) is 2.60. The quantitative estimate of drug-likeness (QED) is 0.543. The topological polar surface area (TPSA) is 112 Å². The van der Waals surface area contributed by atoms with Crippen LogP contribution in [0.5, 0.6) is 0 Å². The van der Waals surface area contributed by atoms with Gasteiger partial charge in [0.2, 0.25) is 0 Å². The number of hydrogen-bond acceptors (Lipinski definition) is 8. The van der Waals surface area contributed by atoms with Gasteiger partial charge in [-0.05, 0) is 37.8 Å². The fourth-order valence-electron chi connectivity index (χ4n) is 4.04. The summed E-state index contributed by atoms with van der Waals surface area (Å²) in [5.74, 6) is 0.150. The van der Waals surface area contributed by atoms with E-state index in [4.69, 9.17) is 0 Å². The first-order chi connectivity index (χ1) is 14.6. The minimum Gasteiger partial charge on any atom is -0.372 e. The summed E-state index contributed by atoms with van der Waals surface area (Å²) >= 11 is 0. The Kier molecular flexibility index (Phi) is 4.66. The summed E-state index contributed by atoms with van der Waals surface area (Å²) in [7, 11) is 0. The third-order valence-corrected chi connectivity index (χ3v) is 5.60. The van der Waals surface area contributed by atoms with Crippen LogP contribution in [-0.2, 0) is 9.59 Å². The van der Waals surface area contributed by atoms with Crippen molar-refractivity contribution < 1.29 is 14.7 Å². The SMILES string of the molecule is O=C1C2=C(C(=O)N1C1CC1)N(CC(O)Nc1ccc(-c3cnccn3)cn1)CCC2. The van der Waals surface area contributed by atoms with Gasteiger partial charge in [-0.1, -0.05) is 0 Å². The van der Waals surface area contributed by atoms with Gasteiger partial charge in [0.1, 0.15) is 17.7 Å². The van der Waals surface area contributed by atoms with E-state index in [1.54, 1.807) is 30.9 Å². The second-order valence-corrected chi connectivity index (χ2v) is 7.77. The third-order valence-electron chi connectivity index (χ3n) is 5.60. The van der Waals surface area contributed by atoms with E-state index < -0.39 is 6.23 Å². The molecule has 3 aliphatic rings. The van der Waals surface area contributed by atoms with Crippen LogP contribution in [0.1, 0.15) is 25.7 Å². The van der Waals surface area contributed by atoms with Crippen molar-refractivity contribution in [3.63, 3.8) is 0 Å². The number of aromatic nitrogens is 3. The molecule has 5 rings (SSSR count). The Bertz CT molecular complexity index is 1000. The van der Waals surface area contributed by atoms with Crippen molar-refractivity contribution in [3.05, 3.63) is 48.2 Å². The number of nitrogens with one attached hydrogen (secondary N) is 1. The first-order valence-corrected chi connectivity index (χ1v) is 10.1. The lowest BCUT2D eigenvalue weighted by Crippen LogP contribution is -2.41. The summed E-state index contributed by atoms with van der Waals surface area (Å²) in [4.78, 5) is 41.3. The van der Waals surface area contributed by atoms with E-state index in [1.165, 1.54) is 4.90 Å². The van der Waals surface area contributed by atoms with Crippen molar-refractivity contribution in [2.45, 2.75) is 38.0 Å². The molecule has 4 heterocycles. The number of hydrogen-bond donors (Lipinski definition) is 2. The number of carbonyl (C=O) groups excluding carboxylic acids is 2. The van der Waals surface area contributed by atoms with E-state index in [1.807, 2.05) is 11.0 Å². The van der Waals surface area contributed by atoms with E-state index in [0.29, 0.717) is 30.1 Å². The molecule has 2 N–H and O–H groups in total. The molecule has 0 spiro atoms. The highest BCUT2D eigenvalue weighted by Gasteiger charge is 2.48. The number of aliphatic hydroxyl groups excluding tert-OH is 1. The number of pyridine rings is 1. The molecule has 1 atom stereocenters. The monoisotopic (exact) mass is 406 g/mol. The highest BCUT2D eigenvalue weighted by molar-refractivity contribution is 6.19. The van der Waals surface area contributed by atoms with E-state index >= 15 is 0 Å². The van der Waals surface area contributed by atoms with Gasteiger partial charge in [-0.25, -0.2) is 4.98 Å². The van der Waals surface area contributed by atoms with E-state index in [-0.39, 0.29) is 24.4 Å². The van der Waals surface area contributed by atoms with Crippen LogP contribution in [-0.4, -0.2) is 67.0 Å². The van der Waals surface area contributed by atoms with Crippen molar-refractivity contribution in [3.8, 4) is 11.3 Å². The molecule has 0 bridgehead atoms. The second kappa shape index (κ2) is 7.49. The minimum absolute atomic E-state index is 0.0533. The van der Waals surface area contributed by atoms with E-state index in [0.717, 1.165) is 30.5 Å². The molecule has 9 heteroatoms. The van der Waals surface area contributed by atoms with Gasteiger partial charge >= 0.3 is 0 Å². The molecule has 154 valence electrons. The zero-order valence-corrected chi connectivity index (χ0v) is 16.4. The molecule has 30 heavy (non-hydrogen) atoms. The Hall–Kier alpha value is -3.33. The van der Waals surface area contributed by atoms with Crippen LogP contribution in [0, 0.1) is 0 Å². The molecule has 9 nitrogen and oxygen atoms in total. The fraction of sp³-hybridized carbons (Fsp3) is 0.381. The van der Waals surface area contributed by atoms with E-state index in [2.05, 4.69) is 20.3 Å². The summed E-state index contributed by atoms with van der Waals surface area (Å²) < 4.78 is 0. The molecule has 0 saturated heterocycles. The lowest BCUT2D eigenvalue weighted by molar-refractivity contribution is -0.138. The standard InChI is InChI=1S/C21H22N6O3/c28-18(25-17-6-3-13(10-24-17)16-11-22-7-8-23-16)12-26-9-1-2-15-19(26)21(30)27(20(15)29)14-4-5-14/h3,6-8,10-11,14,18,28H,1-2,4-5,9,12H2,(H,24,25). The number of rotatable bonds is 6. The Morgan fingerprint density at radius 1 is 1.13 bits per heavy atom. The molecule has 1 aliphatic carbocycles. The van der Waals surface area contributed by atoms with Gasteiger partial charge < -0.3 is 15.3 Å². The largest absolute Gasteiger partial charge is 0.372 e. The smallest absolute Gasteiger partial charge is 0.277 e. The molecule has 2 amide bonds. The summed E-state index contributed by atoms with van der Waals surface area (Å²) in [6, 6.07) is 3.66. The van der Waals surface area contributed by atoms with Crippen molar-refractivity contribution in [2.75, 3.05) is 18.4 Å². The van der Waals surface area contributed by atoms with Crippen LogP contribution in [0.2, 0.25) is 0 Å². The Balaban J connectivity index is 1.26. The average molecular weight is 406 g/mol. The summed E-state index contributed by atoms with van der Waals surface area (Å²) in [6.45, 7) is 0.831. The number of anilines is 1. The Morgan fingerprint density at radius 3 is 2.70 bits per heavy atom. The highest BCUT2D eigenvalue weighted by atomic mass is 16.3. The van der Waals surface area contributed by atoms with Crippen molar-refractivity contribution >= 4 is 17.6 Å². The molecule has 1 saturated carbocycles. The maximum absolute atomic E-state index is 12.8. The van der Waals surface area contributed by atoms with Crippen LogP contribution in [0.4, 0.5) is 5.82 Å². The molecule has 2 aliphatic heterocycles. The molecule has 2 aromatic heterocycles. The van der Waals surface area contributed by atoms with Gasteiger partial charge in [-0.15, -0.1) is 0 Å². The zero-order chi connectivity index (χ0) is 20.7. The molecule has 1 unspecified atom stereocenters. The second-order valence-electron chi connectivity index (χ2n) is 7.77. The van der Waals surface area contributed by atoms with Crippen molar-refractivity contribution in [2.24, 2.45) is 0 Å². The van der Waals surface area contributed by atoms with Crippen LogP contribution in [0.3, 0.4) is 0 Å². The van der Waals surface area contributed by atoms with Gasteiger partial charge in [0.15, 0.2) is 0 Å². The van der Waals surface area contributed by atoms with Crippen molar-refractivity contribution in [1.82, 2.24) is 24.8 Å². The fourth-order valence-corrected chi connectivity index (χ4v) is 4.04. The van der Waals surface area contributed by atoms with Crippen LogP contribution < -0.4 is 5.32 Å². The van der Waals surface area contributed by atoms with Crippen molar-refractivity contribution in [1.29, 1.82) is 0 Å². The van der Waals surface area contributed by atoms with E-state index in [9.17, 15) is 14.7 Å². The average Bonchev–Trinajstić information content (AvgIpc) is 3.56. The number of aliphatic hydroxyl groups is 1. The number of nitrogens with zero attached hydrogens (tertiary/aromatic N) is 5. The number of imide groups is 1.